The van der Waals surface area contributed by atoms with E-state index in [1.165, 1.54) is 23.1 Å². The van der Waals surface area contributed by atoms with Gasteiger partial charge in [-0.25, -0.2) is 0 Å². The molecule has 0 fully saturated rings. The topological polar surface area (TPSA) is 21.3 Å². The second kappa shape index (κ2) is 7.84. The minimum absolute atomic E-state index is 0.168. The number of rotatable bonds is 7. The Hall–Kier alpha value is -1.80. The minimum Gasteiger partial charge on any atom is -0.496 e. The van der Waals surface area contributed by atoms with Gasteiger partial charge in [-0.1, -0.05) is 62.7 Å². The van der Waals surface area contributed by atoms with E-state index in [9.17, 15) is 0 Å². The Morgan fingerprint density at radius 2 is 1.71 bits per heavy atom. The van der Waals surface area contributed by atoms with Gasteiger partial charge in [0, 0.05) is 5.56 Å². The SMILES string of the molecule is CCCc1ccc(C(NCC)c2ccccc2OC)cc1. The Morgan fingerprint density at radius 3 is 2.33 bits per heavy atom. The average Bonchev–Trinajstić information content (AvgIpc) is 2.54. The second-order valence-electron chi connectivity index (χ2n) is 5.22. The monoisotopic (exact) mass is 283 g/mol. The summed E-state index contributed by atoms with van der Waals surface area (Å²) in [6.07, 6.45) is 2.32. The van der Waals surface area contributed by atoms with E-state index in [-0.39, 0.29) is 6.04 Å². The molecule has 0 heterocycles. The lowest BCUT2D eigenvalue weighted by Gasteiger charge is -2.21. The molecule has 1 atom stereocenters. The number of para-hydroxylation sites is 1. The summed E-state index contributed by atoms with van der Waals surface area (Å²) < 4.78 is 5.52. The first-order valence-electron chi connectivity index (χ1n) is 7.75. The first-order chi connectivity index (χ1) is 10.3. The van der Waals surface area contributed by atoms with Gasteiger partial charge < -0.3 is 10.1 Å². The Labute approximate surface area is 128 Å². The van der Waals surface area contributed by atoms with Gasteiger partial charge in [0.25, 0.3) is 0 Å². The van der Waals surface area contributed by atoms with Crippen LogP contribution < -0.4 is 10.1 Å². The molecule has 0 saturated carbocycles. The molecule has 2 rings (SSSR count). The highest BCUT2D eigenvalue weighted by atomic mass is 16.5. The van der Waals surface area contributed by atoms with Crippen molar-refractivity contribution in [3.05, 3.63) is 65.2 Å². The molecule has 0 aliphatic carbocycles. The number of hydrogen-bond donors (Lipinski definition) is 1. The largest absolute Gasteiger partial charge is 0.496 e. The molecule has 2 aromatic rings. The lowest BCUT2D eigenvalue weighted by molar-refractivity contribution is 0.404. The molecule has 0 saturated heterocycles. The zero-order chi connectivity index (χ0) is 15.1. The van der Waals surface area contributed by atoms with Crippen molar-refractivity contribution < 1.29 is 4.74 Å². The summed E-state index contributed by atoms with van der Waals surface area (Å²) in [4.78, 5) is 0. The molecule has 0 aromatic heterocycles. The number of ether oxygens (including phenoxy) is 1. The van der Waals surface area contributed by atoms with Crippen LogP contribution in [0.25, 0.3) is 0 Å². The predicted molar refractivity (Wildman–Crippen MR) is 89.0 cm³/mol. The van der Waals surface area contributed by atoms with Crippen LogP contribution in [0, 0.1) is 0 Å². The van der Waals surface area contributed by atoms with Crippen molar-refractivity contribution in [2.24, 2.45) is 0 Å². The van der Waals surface area contributed by atoms with E-state index >= 15 is 0 Å². The zero-order valence-electron chi connectivity index (χ0n) is 13.2. The Morgan fingerprint density at radius 1 is 1.00 bits per heavy atom. The van der Waals surface area contributed by atoms with Crippen molar-refractivity contribution in [3.63, 3.8) is 0 Å². The highest BCUT2D eigenvalue weighted by molar-refractivity contribution is 5.42. The lowest BCUT2D eigenvalue weighted by atomic mass is 9.96. The fourth-order valence-corrected chi connectivity index (χ4v) is 2.68. The maximum Gasteiger partial charge on any atom is 0.123 e. The smallest absolute Gasteiger partial charge is 0.123 e. The molecular formula is C19H25NO. The van der Waals surface area contributed by atoms with Gasteiger partial charge in [0.1, 0.15) is 5.75 Å². The standard InChI is InChI=1S/C19H25NO/c1-4-8-15-11-13-16(14-12-15)19(20-5-2)17-9-6-7-10-18(17)21-3/h6-7,9-14,19-20H,4-5,8H2,1-3H3. The number of aryl methyl sites for hydroxylation is 1. The molecule has 2 aromatic carbocycles. The van der Waals surface area contributed by atoms with E-state index in [1.54, 1.807) is 7.11 Å². The van der Waals surface area contributed by atoms with Crippen LogP contribution in [0.5, 0.6) is 5.75 Å². The van der Waals surface area contributed by atoms with E-state index in [0.29, 0.717) is 0 Å². The Balaban J connectivity index is 2.33. The molecule has 0 radical (unpaired) electrons. The van der Waals surface area contributed by atoms with Gasteiger partial charge in [-0.15, -0.1) is 0 Å². The number of nitrogens with one attached hydrogen (secondary N) is 1. The minimum atomic E-state index is 0.168. The van der Waals surface area contributed by atoms with E-state index in [0.717, 1.165) is 18.7 Å². The van der Waals surface area contributed by atoms with Crippen LogP contribution in [0.1, 0.15) is 43.0 Å². The van der Waals surface area contributed by atoms with E-state index < -0.39 is 0 Å². The molecule has 0 aliphatic rings. The number of hydrogen-bond acceptors (Lipinski definition) is 2. The third-order valence-corrected chi connectivity index (χ3v) is 3.71. The Kier molecular flexibility index (Phi) is 5.82. The molecule has 112 valence electrons. The molecular weight excluding hydrogens is 258 g/mol. The fourth-order valence-electron chi connectivity index (χ4n) is 2.68. The van der Waals surface area contributed by atoms with Crippen LogP contribution in [0.2, 0.25) is 0 Å². The summed E-state index contributed by atoms with van der Waals surface area (Å²) in [6, 6.07) is 17.3. The highest BCUT2D eigenvalue weighted by Gasteiger charge is 2.16. The molecule has 2 heteroatoms. The van der Waals surface area contributed by atoms with E-state index in [1.807, 2.05) is 12.1 Å². The van der Waals surface area contributed by atoms with Gasteiger partial charge >= 0.3 is 0 Å². The first-order valence-corrected chi connectivity index (χ1v) is 7.75. The van der Waals surface area contributed by atoms with Gasteiger partial charge in [0.15, 0.2) is 0 Å². The maximum atomic E-state index is 5.52. The van der Waals surface area contributed by atoms with Gasteiger partial charge in [-0.3, -0.25) is 0 Å². The van der Waals surface area contributed by atoms with Crippen LogP contribution >= 0.6 is 0 Å². The summed E-state index contributed by atoms with van der Waals surface area (Å²) in [7, 11) is 1.73. The summed E-state index contributed by atoms with van der Waals surface area (Å²) >= 11 is 0. The fraction of sp³-hybridized carbons (Fsp3) is 0.368. The summed E-state index contributed by atoms with van der Waals surface area (Å²) in [5, 5.41) is 3.56. The van der Waals surface area contributed by atoms with E-state index in [2.05, 4.69) is 55.6 Å². The third kappa shape index (κ3) is 3.85. The van der Waals surface area contributed by atoms with Crippen molar-refractivity contribution in [1.82, 2.24) is 5.32 Å². The van der Waals surface area contributed by atoms with Crippen molar-refractivity contribution in [2.45, 2.75) is 32.7 Å². The normalized spacial score (nSPS) is 12.1. The first kappa shape index (κ1) is 15.6. The van der Waals surface area contributed by atoms with Gasteiger partial charge in [-0.05, 0) is 30.2 Å². The van der Waals surface area contributed by atoms with Crippen molar-refractivity contribution >= 4 is 0 Å². The van der Waals surface area contributed by atoms with Crippen LogP contribution in [-0.2, 0) is 6.42 Å². The van der Waals surface area contributed by atoms with Gasteiger partial charge in [0.05, 0.1) is 13.2 Å². The molecule has 0 spiro atoms. The summed E-state index contributed by atoms with van der Waals surface area (Å²) in [5.41, 5.74) is 3.86. The molecule has 2 nitrogen and oxygen atoms in total. The van der Waals surface area contributed by atoms with Crippen LogP contribution in [-0.4, -0.2) is 13.7 Å². The molecule has 0 bridgehead atoms. The predicted octanol–water partition coefficient (Wildman–Crippen LogP) is 4.35. The van der Waals surface area contributed by atoms with E-state index in [4.69, 9.17) is 4.74 Å². The van der Waals surface area contributed by atoms with Crippen LogP contribution in [0.15, 0.2) is 48.5 Å². The molecule has 1 unspecified atom stereocenters. The molecule has 1 N–H and O–H groups in total. The van der Waals surface area contributed by atoms with Crippen molar-refractivity contribution in [2.75, 3.05) is 13.7 Å². The second-order valence-corrected chi connectivity index (χ2v) is 5.22. The van der Waals surface area contributed by atoms with Gasteiger partial charge in [0.2, 0.25) is 0 Å². The third-order valence-electron chi connectivity index (χ3n) is 3.71. The van der Waals surface area contributed by atoms with Crippen molar-refractivity contribution in [3.8, 4) is 5.75 Å². The van der Waals surface area contributed by atoms with Crippen LogP contribution in [0.3, 0.4) is 0 Å². The van der Waals surface area contributed by atoms with Gasteiger partial charge in [-0.2, -0.15) is 0 Å². The number of benzene rings is 2. The highest BCUT2D eigenvalue weighted by Crippen LogP contribution is 2.30. The quantitative estimate of drug-likeness (QED) is 0.816. The zero-order valence-corrected chi connectivity index (χ0v) is 13.2. The molecule has 0 aliphatic heterocycles. The molecule has 21 heavy (non-hydrogen) atoms. The lowest BCUT2D eigenvalue weighted by Crippen LogP contribution is -2.22. The summed E-state index contributed by atoms with van der Waals surface area (Å²) in [6.45, 7) is 5.26. The van der Waals surface area contributed by atoms with Crippen molar-refractivity contribution in [1.29, 1.82) is 0 Å². The Bertz CT molecular complexity index is 548. The average molecular weight is 283 g/mol. The maximum absolute atomic E-state index is 5.52. The summed E-state index contributed by atoms with van der Waals surface area (Å²) in [5.74, 6) is 0.932. The number of methoxy groups -OCH3 is 1. The van der Waals surface area contributed by atoms with Crippen LogP contribution in [0.4, 0.5) is 0 Å². The molecule has 0 amide bonds.